The monoisotopic (exact) mass is 365 g/mol. The average molecular weight is 365 g/mol. The van der Waals surface area contributed by atoms with Gasteiger partial charge in [-0.1, -0.05) is 42.7 Å². The molecule has 1 aliphatic heterocycles. The molecule has 1 aliphatic carbocycles. The number of nitrogens with zero attached hydrogens (tertiary/aromatic N) is 2. The fourth-order valence-corrected chi connectivity index (χ4v) is 4.24. The van der Waals surface area contributed by atoms with E-state index in [0.717, 1.165) is 25.0 Å². The lowest BCUT2D eigenvalue weighted by molar-refractivity contribution is -0.144. The number of rotatable bonds is 5. The van der Waals surface area contributed by atoms with E-state index in [1.165, 1.54) is 24.0 Å². The number of aryl methyl sites for hydroxylation is 1. The van der Waals surface area contributed by atoms with Gasteiger partial charge in [0.2, 0.25) is 11.8 Å². The van der Waals surface area contributed by atoms with Gasteiger partial charge in [0.05, 0.1) is 5.69 Å². The number of hydrogen-bond acceptors (Lipinski definition) is 2. The van der Waals surface area contributed by atoms with Gasteiger partial charge in [-0.2, -0.15) is 0 Å². The number of amides is 2. The van der Waals surface area contributed by atoms with Crippen LogP contribution in [0.1, 0.15) is 48.5 Å². The molecule has 142 valence electrons. The van der Waals surface area contributed by atoms with Crippen molar-refractivity contribution in [3.05, 3.63) is 59.4 Å². The third kappa shape index (κ3) is 3.77. The summed E-state index contributed by atoms with van der Waals surface area (Å²) in [5.41, 5.74) is 3.32. The zero-order valence-corrected chi connectivity index (χ0v) is 15.9. The summed E-state index contributed by atoms with van der Waals surface area (Å²) in [6.07, 6.45) is 7.05. The van der Waals surface area contributed by atoms with Crippen molar-refractivity contribution in [2.75, 3.05) is 6.54 Å². The SMILES string of the molecule is Cc1ccc(CCN2C(=O)Cn3cccc3C2C(=O)NC2CCCC2)cc1. The molecular formula is C22H27N3O2. The Morgan fingerprint density at radius 3 is 2.63 bits per heavy atom. The summed E-state index contributed by atoms with van der Waals surface area (Å²) < 4.78 is 1.91. The highest BCUT2D eigenvalue weighted by Gasteiger charge is 2.37. The first-order valence-electron chi connectivity index (χ1n) is 9.92. The van der Waals surface area contributed by atoms with Crippen LogP contribution in [0.25, 0.3) is 0 Å². The van der Waals surface area contributed by atoms with Crippen molar-refractivity contribution in [1.82, 2.24) is 14.8 Å². The summed E-state index contributed by atoms with van der Waals surface area (Å²) in [6.45, 7) is 2.93. The maximum atomic E-state index is 13.1. The molecule has 4 rings (SSSR count). The molecule has 1 N–H and O–H groups in total. The van der Waals surface area contributed by atoms with E-state index in [9.17, 15) is 9.59 Å². The van der Waals surface area contributed by atoms with Crippen LogP contribution in [0, 0.1) is 6.92 Å². The standard InChI is InChI=1S/C22H27N3O2/c1-16-8-10-17(11-9-16)12-14-25-20(26)15-24-13-4-7-19(24)21(25)22(27)23-18-5-2-3-6-18/h4,7-11,13,18,21H,2-3,5-6,12,14-15H2,1H3,(H,23,27). The Morgan fingerprint density at radius 2 is 1.89 bits per heavy atom. The maximum absolute atomic E-state index is 13.1. The van der Waals surface area contributed by atoms with E-state index in [2.05, 4.69) is 36.5 Å². The minimum atomic E-state index is -0.535. The van der Waals surface area contributed by atoms with E-state index in [1.54, 1.807) is 4.90 Å². The van der Waals surface area contributed by atoms with Gasteiger partial charge < -0.3 is 14.8 Å². The fourth-order valence-electron chi connectivity index (χ4n) is 4.24. The van der Waals surface area contributed by atoms with Crippen LogP contribution in [0.4, 0.5) is 0 Å². The Hall–Kier alpha value is -2.56. The van der Waals surface area contributed by atoms with Crippen LogP contribution in [0.5, 0.6) is 0 Å². The van der Waals surface area contributed by atoms with Gasteiger partial charge in [0, 0.05) is 18.8 Å². The molecule has 0 spiro atoms. The van der Waals surface area contributed by atoms with E-state index in [1.807, 2.05) is 22.9 Å². The van der Waals surface area contributed by atoms with E-state index in [-0.39, 0.29) is 17.9 Å². The number of carbonyl (C=O) groups is 2. The smallest absolute Gasteiger partial charge is 0.249 e. The fraction of sp³-hybridized carbons (Fsp3) is 0.455. The Balaban J connectivity index is 1.54. The van der Waals surface area contributed by atoms with E-state index < -0.39 is 6.04 Å². The Kier molecular flexibility index (Phi) is 5.01. The second kappa shape index (κ2) is 7.59. The van der Waals surface area contributed by atoms with Crippen LogP contribution in [0.2, 0.25) is 0 Å². The lowest BCUT2D eigenvalue weighted by Crippen LogP contribution is -2.51. The van der Waals surface area contributed by atoms with Crippen molar-refractivity contribution in [2.24, 2.45) is 0 Å². The van der Waals surface area contributed by atoms with Gasteiger partial charge in [0.25, 0.3) is 0 Å². The van der Waals surface area contributed by atoms with Crippen molar-refractivity contribution in [1.29, 1.82) is 0 Å². The molecule has 0 bridgehead atoms. The molecule has 1 atom stereocenters. The molecule has 0 saturated heterocycles. The molecule has 1 saturated carbocycles. The molecule has 2 amide bonds. The Morgan fingerprint density at radius 1 is 1.15 bits per heavy atom. The third-order valence-corrected chi connectivity index (χ3v) is 5.79. The number of benzene rings is 1. The molecule has 5 heteroatoms. The van der Waals surface area contributed by atoms with E-state index in [4.69, 9.17) is 0 Å². The molecule has 2 heterocycles. The summed E-state index contributed by atoms with van der Waals surface area (Å²) >= 11 is 0. The van der Waals surface area contributed by atoms with Crippen LogP contribution in [0.15, 0.2) is 42.6 Å². The zero-order chi connectivity index (χ0) is 18.8. The Bertz CT molecular complexity index is 818. The number of nitrogens with one attached hydrogen (secondary N) is 1. The summed E-state index contributed by atoms with van der Waals surface area (Å²) in [6, 6.07) is 12.0. The number of carbonyl (C=O) groups excluding carboxylic acids is 2. The van der Waals surface area contributed by atoms with Crippen LogP contribution >= 0.6 is 0 Å². The first-order chi connectivity index (χ1) is 13.1. The first-order valence-corrected chi connectivity index (χ1v) is 9.92. The molecule has 1 aromatic heterocycles. The normalized spacial score (nSPS) is 20.0. The maximum Gasteiger partial charge on any atom is 0.249 e. The van der Waals surface area contributed by atoms with Crippen molar-refractivity contribution >= 4 is 11.8 Å². The van der Waals surface area contributed by atoms with Crippen molar-refractivity contribution in [2.45, 2.75) is 57.7 Å². The van der Waals surface area contributed by atoms with Gasteiger partial charge in [0.1, 0.15) is 6.54 Å². The van der Waals surface area contributed by atoms with Gasteiger partial charge in [-0.3, -0.25) is 9.59 Å². The highest BCUT2D eigenvalue weighted by atomic mass is 16.2. The molecule has 5 nitrogen and oxygen atoms in total. The lowest BCUT2D eigenvalue weighted by atomic mass is 10.0. The number of aromatic nitrogens is 1. The highest BCUT2D eigenvalue weighted by Crippen LogP contribution is 2.28. The summed E-state index contributed by atoms with van der Waals surface area (Å²) in [4.78, 5) is 27.7. The van der Waals surface area contributed by atoms with Crippen molar-refractivity contribution in [3.8, 4) is 0 Å². The summed E-state index contributed by atoms with van der Waals surface area (Å²) in [5.74, 6) is -0.0313. The van der Waals surface area contributed by atoms with Gasteiger partial charge in [-0.15, -0.1) is 0 Å². The van der Waals surface area contributed by atoms with Crippen molar-refractivity contribution < 1.29 is 9.59 Å². The summed E-state index contributed by atoms with van der Waals surface area (Å²) in [7, 11) is 0. The van der Waals surface area contributed by atoms with Crippen LogP contribution < -0.4 is 5.32 Å². The minimum Gasteiger partial charge on any atom is -0.351 e. The molecule has 2 aromatic rings. The molecule has 0 radical (unpaired) electrons. The predicted molar refractivity (Wildman–Crippen MR) is 104 cm³/mol. The topological polar surface area (TPSA) is 54.3 Å². The molecule has 27 heavy (non-hydrogen) atoms. The zero-order valence-electron chi connectivity index (χ0n) is 15.9. The first kappa shape index (κ1) is 17.8. The molecule has 1 fully saturated rings. The van der Waals surface area contributed by atoms with Crippen LogP contribution in [-0.2, 0) is 22.6 Å². The predicted octanol–water partition coefficient (Wildman–Crippen LogP) is 2.98. The average Bonchev–Trinajstić information content (AvgIpc) is 3.32. The molecular weight excluding hydrogens is 338 g/mol. The largest absolute Gasteiger partial charge is 0.351 e. The lowest BCUT2D eigenvalue weighted by Gasteiger charge is -2.36. The molecule has 1 unspecified atom stereocenters. The van der Waals surface area contributed by atoms with Gasteiger partial charge in [-0.25, -0.2) is 0 Å². The van der Waals surface area contributed by atoms with E-state index in [0.29, 0.717) is 13.1 Å². The van der Waals surface area contributed by atoms with Crippen LogP contribution in [-0.4, -0.2) is 33.9 Å². The number of hydrogen-bond donors (Lipinski definition) is 1. The van der Waals surface area contributed by atoms with Gasteiger partial charge >= 0.3 is 0 Å². The second-order valence-corrected chi connectivity index (χ2v) is 7.78. The molecule has 2 aliphatic rings. The summed E-state index contributed by atoms with van der Waals surface area (Å²) in [5, 5.41) is 3.19. The van der Waals surface area contributed by atoms with Crippen molar-refractivity contribution in [3.63, 3.8) is 0 Å². The van der Waals surface area contributed by atoms with E-state index >= 15 is 0 Å². The second-order valence-electron chi connectivity index (χ2n) is 7.78. The Labute approximate surface area is 160 Å². The van der Waals surface area contributed by atoms with Gasteiger partial charge in [0.15, 0.2) is 6.04 Å². The third-order valence-electron chi connectivity index (χ3n) is 5.79. The number of fused-ring (bicyclic) bond motifs is 1. The molecule has 1 aromatic carbocycles. The van der Waals surface area contributed by atoms with Crippen LogP contribution in [0.3, 0.4) is 0 Å². The quantitative estimate of drug-likeness (QED) is 0.886. The highest BCUT2D eigenvalue weighted by molar-refractivity contribution is 5.90. The van der Waals surface area contributed by atoms with Gasteiger partial charge in [-0.05, 0) is 43.9 Å². The minimum absolute atomic E-state index is 0.0115.